The van der Waals surface area contributed by atoms with E-state index in [1.165, 1.54) is 7.11 Å². The van der Waals surface area contributed by atoms with Crippen LogP contribution in [0.4, 0.5) is 0 Å². The van der Waals surface area contributed by atoms with Crippen LogP contribution >= 0.6 is 0 Å². The molecule has 0 aliphatic heterocycles. The number of carbonyl (C=O) groups is 1. The summed E-state index contributed by atoms with van der Waals surface area (Å²) in [5.74, 6) is 1.30. The molecule has 0 spiro atoms. The first kappa shape index (κ1) is 11.5. The predicted octanol–water partition coefficient (Wildman–Crippen LogP) is 1.36. The van der Waals surface area contributed by atoms with Crippen LogP contribution in [-0.2, 0) is 19.0 Å². The van der Waals surface area contributed by atoms with E-state index in [2.05, 4.69) is 0 Å². The van der Waals surface area contributed by atoms with Gasteiger partial charge in [-0.2, -0.15) is 0 Å². The molecule has 0 aromatic carbocycles. The van der Waals surface area contributed by atoms with Crippen molar-refractivity contribution in [2.45, 2.75) is 19.4 Å². The summed E-state index contributed by atoms with van der Waals surface area (Å²) in [6, 6.07) is 0. The largest absolute Gasteiger partial charge is 0.500 e. The summed E-state index contributed by atoms with van der Waals surface area (Å²) in [7, 11) is 4.71. The van der Waals surface area contributed by atoms with E-state index in [1.807, 2.05) is 13.0 Å². The summed E-state index contributed by atoms with van der Waals surface area (Å²) in [5.41, 5.74) is -0.655. The van der Waals surface area contributed by atoms with Crippen LogP contribution < -0.4 is 0 Å². The van der Waals surface area contributed by atoms with Crippen LogP contribution in [0.2, 0.25) is 0 Å². The van der Waals surface area contributed by atoms with Gasteiger partial charge in [0.25, 0.3) is 0 Å². The number of hydrogen-bond donors (Lipinski definition) is 0. The minimum absolute atomic E-state index is 0.233. The Kier molecular flexibility index (Phi) is 2.70. The summed E-state index contributed by atoms with van der Waals surface area (Å²) < 4.78 is 15.5. The van der Waals surface area contributed by atoms with Gasteiger partial charge in [0.15, 0.2) is 0 Å². The zero-order chi connectivity index (χ0) is 11.9. The lowest BCUT2D eigenvalue weighted by atomic mass is 9.79. The maximum Gasteiger partial charge on any atom is 0.319 e. The van der Waals surface area contributed by atoms with Crippen molar-refractivity contribution < 1.29 is 19.0 Å². The third kappa shape index (κ3) is 1.44. The monoisotopic (exact) mass is 226 g/mol. The van der Waals surface area contributed by atoms with Crippen molar-refractivity contribution in [2.24, 2.45) is 17.3 Å². The van der Waals surface area contributed by atoms with Crippen molar-refractivity contribution in [2.75, 3.05) is 21.3 Å². The van der Waals surface area contributed by atoms with Gasteiger partial charge in [-0.15, -0.1) is 0 Å². The van der Waals surface area contributed by atoms with E-state index in [9.17, 15) is 4.79 Å². The predicted molar refractivity (Wildman–Crippen MR) is 57.6 cm³/mol. The van der Waals surface area contributed by atoms with Crippen molar-refractivity contribution >= 4 is 5.97 Å². The maximum atomic E-state index is 11.8. The molecule has 4 nitrogen and oxygen atoms in total. The molecule has 0 radical (unpaired) electrons. The van der Waals surface area contributed by atoms with Gasteiger partial charge in [-0.1, -0.05) is 0 Å². The summed E-state index contributed by atoms with van der Waals surface area (Å²) in [6.07, 6.45) is 2.98. The van der Waals surface area contributed by atoms with E-state index in [-0.39, 0.29) is 12.1 Å². The van der Waals surface area contributed by atoms with Crippen LogP contribution in [-0.4, -0.2) is 33.4 Å². The summed E-state index contributed by atoms with van der Waals surface area (Å²) >= 11 is 0. The molecular formula is C12H18O4. The van der Waals surface area contributed by atoms with E-state index in [0.717, 1.165) is 6.42 Å². The summed E-state index contributed by atoms with van der Waals surface area (Å²) in [5, 5.41) is 0. The lowest BCUT2D eigenvalue weighted by Crippen LogP contribution is -2.34. The second-order valence-electron chi connectivity index (χ2n) is 4.70. The van der Waals surface area contributed by atoms with Gasteiger partial charge in [-0.05, 0) is 25.3 Å². The van der Waals surface area contributed by atoms with E-state index in [1.54, 1.807) is 14.2 Å². The molecule has 0 amide bonds. The second kappa shape index (κ2) is 3.77. The van der Waals surface area contributed by atoms with E-state index in [4.69, 9.17) is 14.2 Å². The fourth-order valence-corrected chi connectivity index (χ4v) is 2.80. The third-order valence-electron chi connectivity index (χ3n) is 3.81. The maximum absolute atomic E-state index is 11.8. The lowest BCUT2D eigenvalue weighted by Gasteiger charge is -2.30. The zero-order valence-electron chi connectivity index (χ0n) is 10.1. The quantitative estimate of drug-likeness (QED) is 0.682. The van der Waals surface area contributed by atoms with Gasteiger partial charge in [-0.25, -0.2) is 0 Å². The van der Waals surface area contributed by atoms with Gasteiger partial charge in [0, 0.05) is 13.0 Å². The Balaban J connectivity index is 2.26. The number of fused-ring (bicyclic) bond motifs is 1. The van der Waals surface area contributed by atoms with Crippen molar-refractivity contribution in [3.8, 4) is 0 Å². The average Bonchev–Trinajstić information content (AvgIpc) is 2.97. The molecule has 1 fully saturated rings. The Labute approximate surface area is 95.6 Å². The van der Waals surface area contributed by atoms with Crippen LogP contribution in [0.5, 0.6) is 0 Å². The molecule has 4 heteroatoms. The molecule has 4 atom stereocenters. The highest BCUT2D eigenvalue weighted by molar-refractivity contribution is 5.80. The smallest absolute Gasteiger partial charge is 0.319 e. The zero-order valence-corrected chi connectivity index (χ0v) is 10.1. The van der Waals surface area contributed by atoms with Crippen LogP contribution in [0.1, 0.15) is 13.3 Å². The van der Waals surface area contributed by atoms with Gasteiger partial charge in [0.2, 0.25) is 0 Å². The van der Waals surface area contributed by atoms with Crippen LogP contribution in [0.3, 0.4) is 0 Å². The lowest BCUT2D eigenvalue weighted by molar-refractivity contribution is -0.152. The van der Waals surface area contributed by atoms with Crippen molar-refractivity contribution in [1.29, 1.82) is 0 Å². The number of rotatable bonds is 3. The molecule has 1 saturated carbocycles. The molecule has 0 saturated heterocycles. The number of ether oxygens (including phenoxy) is 3. The molecule has 0 bridgehead atoms. The molecule has 0 heterocycles. The fourth-order valence-electron chi connectivity index (χ4n) is 2.80. The molecule has 0 N–H and O–H groups in total. The minimum Gasteiger partial charge on any atom is -0.500 e. The Morgan fingerprint density at radius 3 is 2.62 bits per heavy atom. The van der Waals surface area contributed by atoms with E-state index >= 15 is 0 Å². The Morgan fingerprint density at radius 2 is 2.12 bits per heavy atom. The Morgan fingerprint density at radius 1 is 1.44 bits per heavy atom. The molecular weight excluding hydrogens is 208 g/mol. The first-order valence-electron chi connectivity index (χ1n) is 5.46. The van der Waals surface area contributed by atoms with Crippen LogP contribution in [0.25, 0.3) is 0 Å². The normalized spacial score (nSPS) is 40.8. The fraction of sp³-hybridized carbons (Fsp3) is 0.750. The van der Waals surface area contributed by atoms with Crippen molar-refractivity contribution in [1.82, 2.24) is 0 Å². The van der Waals surface area contributed by atoms with Gasteiger partial charge < -0.3 is 14.2 Å². The highest BCUT2D eigenvalue weighted by atomic mass is 16.5. The van der Waals surface area contributed by atoms with Crippen LogP contribution in [0.15, 0.2) is 11.8 Å². The summed E-state index contributed by atoms with van der Waals surface area (Å²) in [4.78, 5) is 11.8. The topological polar surface area (TPSA) is 44.8 Å². The van der Waals surface area contributed by atoms with E-state index < -0.39 is 5.41 Å². The number of hydrogen-bond acceptors (Lipinski definition) is 4. The minimum atomic E-state index is -0.655. The molecule has 0 aromatic rings. The van der Waals surface area contributed by atoms with Gasteiger partial charge >= 0.3 is 5.97 Å². The number of esters is 1. The Hall–Kier alpha value is -1.03. The molecule has 0 aromatic heterocycles. The molecule has 90 valence electrons. The van der Waals surface area contributed by atoms with Gasteiger partial charge in [-0.3, -0.25) is 4.79 Å². The highest BCUT2D eigenvalue weighted by Crippen LogP contribution is 2.56. The third-order valence-corrected chi connectivity index (χ3v) is 3.81. The number of carbonyl (C=O) groups excluding carboxylic acids is 1. The van der Waals surface area contributed by atoms with Crippen LogP contribution in [0, 0.1) is 17.3 Å². The van der Waals surface area contributed by atoms with E-state index in [0.29, 0.717) is 17.6 Å². The Bertz CT molecular complexity index is 336. The molecule has 2 aliphatic carbocycles. The summed E-state index contributed by atoms with van der Waals surface area (Å²) in [6.45, 7) is 1.87. The van der Waals surface area contributed by atoms with Gasteiger partial charge in [0.1, 0.15) is 11.2 Å². The first-order chi connectivity index (χ1) is 7.58. The second-order valence-corrected chi connectivity index (χ2v) is 4.70. The average molecular weight is 226 g/mol. The molecule has 0 unspecified atom stereocenters. The molecule has 2 rings (SSSR count). The first-order valence-corrected chi connectivity index (χ1v) is 5.46. The highest BCUT2D eigenvalue weighted by Gasteiger charge is 2.59. The number of methoxy groups -OCH3 is 3. The standard InChI is InChI=1S/C12H18O4/c1-12(11(13)16-4)6-8-7(10(8)15-3)5-9(12)14-2/h5,7-8,10H,6H2,1-4H3/t7-,8+,10-,12+/m1/s1. The SMILES string of the molecule is COC(=O)[C@@]1(C)C[C@H]2[C@@H](C=C1OC)[C@H]2OC. The van der Waals surface area contributed by atoms with Gasteiger partial charge in [0.05, 0.1) is 20.3 Å². The van der Waals surface area contributed by atoms with Crippen molar-refractivity contribution in [3.63, 3.8) is 0 Å². The molecule has 16 heavy (non-hydrogen) atoms. The molecule has 2 aliphatic rings. The van der Waals surface area contributed by atoms with Crippen molar-refractivity contribution in [3.05, 3.63) is 11.8 Å².